The number of amides is 2. The Morgan fingerprint density at radius 1 is 1.28 bits per heavy atom. The molecule has 1 aromatic rings. The second kappa shape index (κ2) is 9.77. The third-order valence-corrected chi connectivity index (χ3v) is 7.47. The van der Waals surface area contributed by atoms with Gasteiger partial charge in [0, 0.05) is 0 Å². The van der Waals surface area contributed by atoms with E-state index in [9.17, 15) is 14.7 Å². The van der Waals surface area contributed by atoms with E-state index in [4.69, 9.17) is 21.1 Å². The van der Waals surface area contributed by atoms with Gasteiger partial charge in [-0.05, 0) is 37.7 Å². The number of ether oxygens (including phenoxy) is 2. The van der Waals surface area contributed by atoms with Gasteiger partial charge < -0.3 is 14.6 Å². The second-order valence-corrected chi connectivity index (χ2v) is 9.07. The molecule has 0 aromatic heterocycles. The number of hydrogen-bond acceptors (Lipinski definition) is 5. The van der Waals surface area contributed by atoms with E-state index in [1.165, 1.54) is 5.56 Å². The number of epoxide rings is 1. The molecule has 2 aliphatic rings. The molecule has 1 aliphatic carbocycles. The summed E-state index contributed by atoms with van der Waals surface area (Å²) in [6, 6.07) is 10.3. The smallest absolute Gasteiger partial charge is 0.414 e. The highest BCUT2D eigenvalue weighted by Crippen LogP contribution is 2.53. The van der Waals surface area contributed by atoms with Crippen molar-refractivity contribution in [2.24, 2.45) is 0 Å². The van der Waals surface area contributed by atoms with E-state index in [1.807, 2.05) is 18.2 Å². The molecule has 3 rings (SSSR count). The quantitative estimate of drug-likeness (QED) is 0.331. The summed E-state index contributed by atoms with van der Waals surface area (Å²) in [4.78, 5) is 22.7. The lowest BCUT2D eigenvalue weighted by Crippen LogP contribution is -2.61. The largest absolute Gasteiger partial charge is 0.445 e. The number of carbonyl (C=O) groups excluding carboxylic acids is 2. The van der Waals surface area contributed by atoms with Crippen LogP contribution in [0.2, 0.25) is 0 Å². The number of alkyl carbamates (subject to hydrolysis) is 1. The highest BCUT2D eigenvalue weighted by Gasteiger charge is 2.67. The average molecular weight is 489 g/mol. The highest BCUT2D eigenvalue weighted by molar-refractivity contribution is 9.09. The van der Waals surface area contributed by atoms with Gasteiger partial charge in [0.25, 0.3) is 0 Å². The fraction of sp³-hybridized carbons (Fsp3) is 0.619. The number of benzene rings is 1. The van der Waals surface area contributed by atoms with Crippen molar-refractivity contribution in [3.8, 4) is 0 Å². The van der Waals surface area contributed by atoms with Crippen molar-refractivity contribution in [2.75, 3.05) is 12.5 Å². The van der Waals surface area contributed by atoms with Gasteiger partial charge in [-0.15, -0.1) is 11.6 Å². The van der Waals surface area contributed by atoms with Crippen LogP contribution in [0.3, 0.4) is 0 Å². The first-order valence-corrected chi connectivity index (χ1v) is 11.5. The molecular weight excluding hydrogens is 462 g/mol. The summed E-state index contributed by atoms with van der Waals surface area (Å²) in [5.41, 5.74) is -0.377. The number of aryl methyl sites for hydroxylation is 1. The first-order valence-electron chi connectivity index (χ1n) is 10.0. The fourth-order valence-electron chi connectivity index (χ4n) is 4.12. The van der Waals surface area contributed by atoms with Crippen LogP contribution in [-0.4, -0.2) is 51.7 Å². The molecule has 29 heavy (non-hydrogen) atoms. The summed E-state index contributed by atoms with van der Waals surface area (Å²) in [7, 11) is 0. The maximum absolute atomic E-state index is 11.9. The van der Waals surface area contributed by atoms with E-state index in [0.29, 0.717) is 25.9 Å². The van der Waals surface area contributed by atoms with E-state index in [2.05, 4.69) is 33.4 Å². The Bertz CT molecular complexity index is 714. The predicted molar refractivity (Wildman–Crippen MR) is 113 cm³/mol. The average Bonchev–Trinajstić information content (AvgIpc) is 3.51. The fourth-order valence-corrected chi connectivity index (χ4v) is 5.21. The van der Waals surface area contributed by atoms with Crippen molar-refractivity contribution in [3.63, 3.8) is 0 Å². The summed E-state index contributed by atoms with van der Waals surface area (Å²) in [6.07, 6.45) is 4.21. The molecule has 0 radical (unpaired) electrons. The Hall–Kier alpha value is -1.15. The molecule has 2 N–H and O–H groups in total. The zero-order valence-electron chi connectivity index (χ0n) is 16.2. The summed E-state index contributed by atoms with van der Waals surface area (Å²) in [6.45, 7) is 0.513. The van der Waals surface area contributed by atoms with Crippen molar-refractivity contribution < 1.29 is 24.2 Å². The molecule has 2 fully saturated rings. The zero-order valence-corrected chi connectivity index (χ0v) is 18.6. The summed E-state index contributed by atoms with van der Waals surface area (Å²) < 4.78 is 11.1. The van der Waals surface area contributed by atoms with Gasteiger partial charge in [-0.1, -0.05) is 59.1 Å². The number of imide groups is 1. The van der Waals surface area contributed by atoms with E-state index < -0.39 is 34.1 Å². The molecule has 1 spiro atoms. The Labute approximate surface area is 184 Å². The molecule has 0 bridgehead atoms. The standard InChI is InChI=1S/C21H27BrClNO5/c22-18-16(29-19(26)24-17(25)13-23)10-12-20(14-28-20)21(18,27)11-6-2-5-9-15-7-3-1-4-8-15/h1,3-4,7-8,16,18,27H,2,5-6,9-14H2,(H,24,25,26). The molecule has 1 saturated heterocycles. The Morgan fingerprint density at radius 2 is 2.00 bits per heavy atom. The number of rotatable bonds is 8. The van der Waals surface area contributed by atoms with Crippen molar-refractivity contribution in [3.05, 3.63) is 35.9 Å². The zero-order chi connectivity index (χ0) is 20.9. The van der Waals surface area contributed by atoms with Crippen LogP contribution in [0.15, 0.2) is 30.3 Å². The Kier molecular flexibility index (Phi) is 7.59. The number of unbranched alkanes of at least 4 members (excludes halogenated alkanes) is 2. The van der Waals surface area contributed by atoms with E-state index in [-0.39, 0.29) is 5.88 Å². The van der Waals surface area contributed by atoms with Crippen LogP contribution in [0.5, 0.6) is 0 Å². The number of aliphatic hydroxyl groups is 1. The molecule has 2 amide bonds. The topological polar surface area (TPSA) is 88.2 Å². The van der Waals surface area contributed by atoms with Crippen molar-refractivity contribution in [2.45, 2.75) is 67.1 Å². The maximum atomic E-state index is 11.9. The number of alkyl halides is 2. The summed E-state index contributed by atoms with van der Waals surface area (Å²) in [5.74, 6) is -0.934. The molecule has 4 unspecified atom stereocenters. The van der Waals surface area contributed by atoms with E-state index in [0.717, 1.165) is 25.7 Å². The van der Waals surface area contributed by atoms with Crippen LogP contribution in [0, 0.1) is 0 Å². The van der Waals surface area contributed by atoms with Crippen LogP contribution in [0.4, 0.5) is 4.79 Å². The lowest BCUT2D eigenvalue weighted by atomic mass is 9.71. The monoisotopic (exact) mass is 487 g/mol. The molecule has 8 heteroatoms. The minimum Gasteiger partial charge on any atom is -0.445 e. The lowest BCUT2D eigenvalue weighted by molar-refractivity contribution is -0.119. The normalized spacial score (nSPS) is 30.7. The van der Waals surface area contributed by atoms with E-state index in [1.54, 1.807) is 0 Å². The van der Waals surface area contributed by atoms with Gasteiger partial charge in [-0.3, -0.25) is 10.1 Å². The molecule has 1 heterocycles. The van der Waals surface area contributed by atoms with Crippen molar-refractivity contribution in [1.29, 1.82) is 0 Å². The van der Waals surface area contributed by atoms with Gasteiger partial charge in [0.15, 0.2) is 0 Å². The minimum absolute atomic E-state index is 0.318. The van der Waals surface area contributed by atoms with Crippen LogP contribution in [0.25, 0.3) is 0 Å². The third kappa shape index (κ3) is 5.32. The number of halogens is 2. The number of hydrogen-bond donors (Lipinski definition) is 2. The van der Waals surface area contributed by atoms with Crippen LogP contribution < -0.4 is 5.32 Å². The van der Waals surface area contributed by atoms with Crippen molar-refractivity contribution >= 4 is 39.5 Å². The third-order valence-electron chi connectivity index (χ3n) is 5.88. The lowest BCUT2D eigenvalue weighted by Gasteiger charge is -2.45. The number of nitrogens with one attached hydrogen (secondary N) is 1. The maximum Gasteiger partial charge on any atom is 0.414 e. The van der Waals surface area contributed by atoms with Gasteiger partial charge in [0.1, 0.15) is 23.2 Å². The first-order chi connectivity index (χ1) is 13.9. The van der Waals surface area contributed by atoms with Crippen molar-refractivity contribution in [1.82, 2.24) is 5.32 Å². The van der Waals surface area contributed by atoms with Crippen LogP contribution >= 0.6 is 27.5 Å². The van der Waals surface area contributed by atoms with E-state index >= 15 is 0 Å². The van der Waals surface area contributed by atoms with Crippen LogP contribution in [-0.2, 0) is 20.7 Å². The highest BCUT2D eigenvalue weighted by atomic mass is 79.9. The molecule has 160 valence electrons. The molecule has 4 atom stereocenters. The molecule has 6 nitrogen and oxygen atoms in total. The Balaban J connectivity index is 1.52. The second-order valence-electron chi connectivity index (χ2n) is 7.82. The van der Waals surface area contributed by atoms with Gasteiger partial charge >= 0.3 is 6.09 Å². The summed E-state index contributed by atoms with van der Waals surface area (Å²) >= 11 is 8.96. The van der Waals surface area contributed by atoms with Gasteiger partial charge in [-0.2, -0.15) is 0 Å². The minimum atomic E-state index is -1.13. The Morgan fingerprint density at radius 3 is 2.66 bits per heavy atom. The molecule has 1 aliphatic heterocycles. The summed E-state index contributed by atoms with van der Waals surface area (Å²) in [5, 5.41) is 13.6. The van der Waals surface area contributed by atoms with Crippen LogP contribution in [0.1, 0.15) is 44.1 Å². The molecular formula is C21H27BrClNO5. The molecule has 1 saturated carbocycles. The predicted octanol–water partition coefficient (Wildman–Crippen LogP) is 3.71. The van der Waals surface area contributed by atoms with Gasteiger partial charge in [0.05, 0.1) is 11.4 Å². The SMILES string of the molecule is O=C(CCl)NC(=O)OC1CCC2(CO2)C(O)(CCCCCc2ccccc2)C1Br. The number of carbonyl (C=O) groups is 2. The van der Waals surface area contributed by atoms with Gasteiger partial charge in [0.2, 0.25) is 5.91 Å². The molecule has 1 aromatic carbocycles. The van der Waals surface area contributed by atoms with Gasteiger partial charge in [-0.25, -0.2) is 4.79 Å². The first kappa shape index (κ1) is 22.5.